The van der Waals surface area contributed by atoms with E-state index in [9.17, 15) is 34.4 Å². The topological polar surface area (TPSA) is 162 Å². The molecule has 4 amide bonds. The highest BCUT2D eigenvalue weighted by molar-refractivity contribution is 6.30. The van der Waals surface area contributed by atoms with Crippen molar-refractivity contribution in [2.75, 3.05) is 18.4 Å². The van der Waals surface area contributed by atoms with E-state index in [2.05, 4.69) is 10.6 Å². The van der Waals surface area contributed by atoms with E-state index in [-0.39, 0.29) is 24.3 Å². The zero-order valence-electron chi connectivity index (χ0n) is 21.8. The number of carboxylic acid groups (broad SMARTS) is 1. The lowest BCUT2D eigenvalue weighted by atomic mass is 10.0. The molecule has 212 valence electrons. The third kappa shape index (κ3) is 6.97. The number of nitrogens with one attached hydrogen (secondary N) is 2. The molecule has 0 bridgehead atoms. The predicted octanol–water partition coefficient (Wildman–Crippen LogP) is 4.20. The standard InChI is InChI=1S/C28H26ClN5O7/c1-17-5-7-18(8-6-17)27(38)32-13-14-33(28(39)30-21-11-9-20(29)10-12-21)26(32)25(37)31-23(16-24(35)36)19-3-2-4-22(15-19)34(40)41/h2-12,15,23,26H,13-14,16H2,1H3,(H,30,39)(H,31,37)(H,35,36). The molecule has 2 atom stereocenters. The summed E-state index contributed by atoms with van der Waals surface area (Å²) in [7, 11) is 0. The number of amides is 4. The Balaban J connectivity index is 1.66. The van der Waals surface area contributed by atoms with E-state index >= 15 is 0 Å². The lowest BCUT2D eigenvalue weighted by molar-refractivity contribution is -0.384. The summed E-state index contributed by atoms with van der Waals surface area (Å²) in [6.07, 6.45) is -2.03. The van der Waals surface area contributed by atoms with Crippen LogP contribution in [0.15, 0.2) is 72.8 Å². The van der Waals surface area contributed by atoms with Crippen LogP contribution in [0.2, 0.25) is 5.02 Å². The maximum absolute atomic E-state index is 13.8. The van der Waals surface area contributed by atoms with Gasteiger partial charge < -0.3 is 20.6 Å². The average Bonchev–Trinajstić information content (AvgIpc) is 3.39. The number of hydrogen-bond donors (Lipinski definition) is 3. The van der Waals surface area contributed by atoms with E-state index in [4.69, 9.17) is 11.6 Å². The average molecular weight is 580 g/mol. The van der Waals surface area contributed by atoms with Crippen LogP contribution in [0.5, 0.6) is 0 Å². The maximum atomic E-state index is 13.8. The quantitative estimate of drug-likeness (QED) is 0.266. The summed E-state index contributed by atoms with van der Waals surface area (Å²) in [4.78, 5) is 65.3. The monoisotopic (exact) mass is 579 g/mol. The molecule has 12 nitrogen and oxygen atoms in total. The molecule has 1 aliphatic rings. The van der Waals surface area contributed by atoms with Crippen LogP contribution in [0, 0.1) is 17.0 Å². The second kappa shape index (κ2) is 12.5. The number of rotatable bonds is 8. The molecule has 2 unspecified atom stereocenters. The van der Waals surface area contributed by atoms with Crippen molar-refractivity contribution in [2.24, 2.45) is 0 Å². The van der Waals surface area contributed by atoms with E-state index in [0.29, 0.717) is 16.3 Å². The summed E-state index contributed by atoms with van der Waals surface area (Å²) in [6, 6.07) is 16.4. The highest BCUT2D eigenvalue weighted by atomic mass is 35.5. The molecule has 0 aliphatic carbocycles. The van der Waals surface area contributed by atoms with Gasteiger partial charge in [0.15, 0.2) is 6.17 Å². The van der Waals surface area contributed by atoms with Gasteiger partial charge in [0.1, 0.15) is 0 Å². The second-order valence-corrected chi connectivity index (χ2v) is 9.82. The van der Waals surface area contributed by atoms with Gasteiger partial charge in [0.25, 0.3) is 17.5 Å². The van der Waals surface area contributed by atoms with Crippen molar-refractivity contribution in [1.82, 2.24) is 15.1 Å². The number of anilines is 1. The molecule has 3 N–H and O–H groups in total. The fourth-order valence-electron chi connectivity index (χ4n) is 4.46. The molecule has 1 aliphatic heterocycles. The minimum Gasteiger partial charge on any atom is -0.481 e. The fraction of sp³-hybridized carbons (Fsp3) is 0.214. The second-order valence-electron chi connectivity index (χ2n) is 9.38. The summed E-state index contributed by atoms with van der Waals surface area (Å²) >= 11 is 5.92. The van der Waals surface area contributed by atoms with Crippen molar-refractivity contribution in [3.8, 4) is 0 Å². The lowest BCUT2D eigenvalue weighted by Crippen LogP contribution is -2.55. The van der Waals surface area contributed by atoms with Gasteiger partial charge in [0, 0.05) is 41.5 Å². The van der Waals surface area contributed by atoms with E-state index in [1.165, 1.54) is 34.1 Å². The SMILES string of the molecule is Cc1ccc(C(=O)N2CCN(C(=O)Nc3ccc(Cl)cc3)C2C(=O)NC(CC(=O)O)c2cccc([N+](=O)[O-])c2)cc1. The molecule has 3 aromatic rings. The van der Waals surface area contributed by atoms with Crippen molar-refractivity contribution in [1.29, 1.82) is 0 Å². The molecule has 0 spiro atoms. The molecule has 41 heavy (non-hydrogen) atoms. The summed E-state index contributed by atoms with van der Waals surface area (Å²) < 4.78 is 0. The highest BCUT2D eigenvalue weighted by Crippen LogP contribution is 2.25. The molecular formula is C28H26ClN5O7. The molecule has 0 aromatic heterocycles. The Kier molecular flexibility index (Phi) is 8.83. The van der Waals surface area contributed by atoms with Crippen LogP contribution in [0.25, 0.3) is 0 Å². The molecule has 1 fully saturated rings. The number of urea groups is 1. The summed E-state index contributed by atoms with van der Waals surface area (Å²) in [5.41, 5.74) is 1.53. The van der Waals surface area contributed by atoms with Gasteiger partial charge in [-0.2, -0.15) is 0 Å². The van der Waals surface area contributed by atoms with Gasteiger partial charge in [-0.25, -0.2) is 4.79 Å². The summed E-state index contributed by atoms with van der Waals surface area (Å²) in [6.45, 7) is 1.90. The number of nitro benzene ring substituents is 1. The molecule has 1 heterocycles. The van der Waals surface area contributed by atoms with Crippen molar-refractivity contribution in [3.05, 3.63) is 105 Å². The number of benzene rings is 3. The van der Waals surface area contributed by atoms with Crippen LogP contribution in [0.3, 0.4) is 0 Å². The predicted molar refractivity (Wildman–Crippen MR) is 149 cm³/mol. The van der Waals surface area contributed by atoms with E-state index < -0.39 is 47.4 Å². The van der Waals surface area contributed by atoms with Gasteiger partial charge in [-0.05, 0) is 48.9 Å². The minimum atomic E-state index is -1.44. The molecule has 0 radical (unpaired) electrons. The number of carboxylic acids is 1. The number of non-ortho nitro benzene ring substituents is 1. The summed E-state index contributed by atoms with van der Waals surface area (Å²) in [5, 5.41) is 26.5. The normalized spacial score (nSPS) is 15.2. The molecule has 0 saturated carbocycles. The third-order valence-corrected chi connectivity index (χ3v) is 6.75. The first-order chi connectivity index (χ1) is 19.5. The van der Waals surface area contributed by atoms with Gasteiger partial charge >= 0.3 is 12.0 Å². The Morgan fingerprint density at radius 2 is 1.68 bits per heavy atom. The first-order valence-corrected chi connectivity index (χ1v) is 12.9. The molecular weight excluding hydrogens is 554 g/mol. The van der Waals surface area contributed by atoms with Crippen LogP contribution in [-0.4, -0.2) is 62.9 Å². The Bertz CT molecular complexity index is 1480. The number of aliphatic carboxylic acids is 1. The molecule has 4 rings (SSSR count). The first-order valence-electron chi connectivity index (χ1n) is 12.5. The molecule has 13 heteroatoms. The van der Waals surface area contributed by atoms with Crippen LogP contribution in [0.1, 0.15) is 33.9 Å². The van der Waals surface area contributed by atoms with Gasteiger partial charge in [-0.3, -0.25) is 29.4 Å². The van der Waals surface area contributed by atoms with Crippen LogP contribution < -0.4 is 10.6 Å². The number of halogens is 1. The van der Waals surface area contributed by atoms with Crippen LogP contribution >= 0.6 is 11.6 Å². The third-order valence-electron chi connectivity index (χ3n) is 6.50. The van der Waals surface area contributed by atoms with E-state index in [1.54, 1.807) is 48.5 Å². The van der Waals surface area contributed by atoms with Gasteiger partial charge in [-0.1, -0.05) is 41.4 Å². The smallest absolute Gasteiger partial charge is 0.323 e. The van der Waals surface area contributed by atoms with Crippen molar-refractivity contribution in [2.45, 2.75) is 25.6 Å². The van der Waals surface area contributed by atoms with Crippen molar-refractivity contribution < 1.29 is 29.2 Å². The Morgan fingerprint density at radius 3 is 2.32 bits per heavy atom. The zero-order valence-corrected chi connectivity index (χ0v) is 22.6. The number of carbonyl (C=O) groups excluding carboxylic acids is 3. The molecule has 3 aromatic carbocycles. The number of carbonyl (C=O) groups is 4. The summed E-state index contributed by atoms with van der Waals surface area (Å²) in [5.74, 6) is -2.60. The Morgan fingerprint density at radius 1 is 1.02 bits per heavy atom. The number of nitro groups is 1. The first kappa shape index (κ1) is 29.0. The maximum Gasteiger partial charge on any atom is 0.323 e. The lowest BCUT2D eigenvalue weighted by Gasteiger charge is -2.31. The number of hydrogen-bond acceptors (Lipinski definition) is 6. The largest absolute Gasteiger partial charge is 0.481 e. The van der Waals surface area contributed by atoms with Crippen molar-refractivity contribution in [3.63, 3.8) is 0 Å². The zero-order chi connectivity index (χ0) is 29.7. The Hall–Kier alpha value is -4.97. The van der Waals surface area contributed by atoms with Gasteiger partial charge in [0.2, 0.25) is 0 Å². The van der Waals surface area contributed by atoms with Crippen molar-refractivity contribution >= 4 is 46.8 Å². The number of nitrogens with zero attached hydrogens (tertiary/aromatic N) is 3. The Labute approximate surface area is 239 Å². The van der Waals surface area contributed by atoms with Gasteiger partial charge in [0.05, 0.1) is 17.4 Å². The van der Waals surface area contributed by atoms with Crippen LogP contribution in [-0.2, 0) is 9.59 Å². The highest BCUT2D eigenvalue weighted by Gasteiger charge is 2.43. The number of aryl methyl sites for hydroxylation is 1. The van der Waals surface area contributed by atoms with Gasteiger partial charge in [-0.15, -0.1) is 0 Å². The van der Waals surface area contributed by atoms with Crippen LogP contribution in [0.4, 0.5) is 16.2 Å². The molecule has 1 saturated heterocycles. The minimum absolute atomic E-state index is 0.00944. The van der Waals surface area contributed by atoms with E-state index in [0.717, 1.165) is 5.56 Å². The van der Waals surface area contributed by atoms with E-state index in [1.807, 2.05) is 6.92 Å². The fourth-order valence-corrected chi connectivity index (χ4v) is 4.58.